The summed E-state index contributed by atoms with van der Waals surface area (Å²) in [6.45, 7) is 3.44. The first kappa shape index (κ1) is 21.4. The summed E-state index contributed by atoms with van der Waals surface area (Å²) in [4.78, 5) is 12.2. The van der Waals surface area contributed by atoms with Crippen molar-refractivity contribution in [2.75, 3.05) is 46.0 Å². The third-order valence-corrected chi connectivity index (χ3v) is 3.66. The molecule has 0 fully saturated rings. The number of carbonyl (C=O) groups is 1. The topological polar surface area (TPSA) is 75.3 Å². The summed E-state index contributed by atoms with van der Waals surface area (Å²) in [6, 6.07) is 12.3. The highest BCUT2D eigenvalue weighted by molar-refractivity contribution is 5.92. The third kappa shape index (κ3) is 7.00. The number of anilines is 1. The van der Waals surface area contributed by atoms with E-state index in [1.807, 2.05) is 19.1 Å². The first-order valence-electron chi connectivity index (χ1n) is 9.11. The van der Waals surface area contributed by atoms with E-state index >= 15 is 0 Å². The smallest absolute Gasteiger partial charge is 0.262 e. The lowest BCUT2D eigenvalue weighted by molar-refractivity contribution is -0.118. The Balaban J connectivity index is 1.87. The van der Waals surface area contributed by atoms with E-state index in [2.05, 4.69) is 5.32 Å². The van der Waals surface area contributed by atoms with Gasteiger partial charge in [0.25, 0.3) is 5.91 Å². The lowest BCUT2D eigenvalue weighted by atomic mass is 10.2. The van der Waals surface area contributed by atoms with Gasteiger partial charge in [0.1, 0.15) is 18.1 Å². The van der Waals surface area contributed by atoms with Gasteiger partial charge in [0.2, 0.25) is 0 Å². The Morgan fingerprint density at radius 2 is 1.57 bits per heavy atom. The Bertz CT molecular complexity index is 732. The minimum atomic E-state index is -0.278. The van der Waals surface area contributed by atoms with Crippen molar-refractivity contribution >= 4 is 11.6 Å². The van der Waals surface area contributed by atoms with E-state index in [1.165, 1.54) is 0 Å². The number of methoxy groups -OCH3 is 2. The van der Waals surface area contributed by atoms with Gasteiger partial charge in [-0.05, 0) is 42.8 Å². The summed E-state index contributed by atoms with van der Waals surface area (Å²) in [5.41, 5.74) is 0.588. The zero-order chi connectivity index (χ0) is 20.2. The van der Waals surface area contributed by atoms with Crippen molar-refractivity contribution in [3.05, 3.63) is 42.5 Å². The van der Waals surface area contributed by atoms with Gasteiger partial charge < -0.3 is 29.0 Å². The highest BCUT2D eigenvalue weighted by atomic mass is 16.5. The molecule has 0 aliphatic heterocycles. The molecule has 0 saturated carbocycles. The van der Waals surface area contributed by atoms with Crippen LogP contribution in [0.3, 0.4) is 0 Å². The van der Waals surface area contributed by atoms with Gasteiger partial charge in [-0.1, -0.05) is 6.92 Å². The molecule has 0 aliphatic carbocycles. The first-order valence-corrected chi connectivity index (χ1v) is 9.11. The summed E-state index contributed by atoms with van der Waals surface area (Å²) in [6.07, 6.45) is 0.947. The van der Waals surface area contributed by atoms with Crippen LogP contribution in [0.5, 0.6) is 23.0 Å². The molecule has 0 atom stereocenters. The molecule has 0 radical (unpaired) electrons. The van der Waals surface area contributed by atoms with Crippen LogP contribution in [0.25, 0.3) is 0 Å². The number of nitrogens with one attached hydrogen (secondary N) is 1. The summed E-state index contributed by atoms with van der Waals surface area (Å²) >= 11 is 0. The molecule has 2 aromatic carbocycles. The van der Waals surface area contributed by atoms with Gasteiger partial charge in [-0.25, -0.2) is 0 Å². The lowest BCUT2D eigenvalue weighted by Gasteiger charge is -2.13. The molecular formula is C21H27NO6. The quantitative estimate of drug-likeness (QED) is 0.560. The number of hydrogen-bond donors (Lipinski definition) is 1. The van der Waals surface area contributed by atoms with Crippen LogP contribution >= 0.6 is 0 Å². The number of benzene rings is 2. The fourth-order valence-electron chi connectivity index (χ4n) is 2.30. The standard InChI is InChI=1S/C21H27NO6/c1-4-11-26-17-6-8-18(9-7-17)28-15-21(23)22-16-5-10-19(25-3)20(14-16)27-13-12-24-2/h5-10,14H,4,11-13,15H2,1-3H3,(H,22,23). The SMILES string of the molecule is CCCOc1ccc(OCC(=O)Nc2ccc(OC)c(OCCOC)c2)cc1. The van der Waals surface area contributed by atoms with Crippen molar-refractivity contribution < 1.29 is 28.5 Å². The highest BCUT2D eigenvalue weighted by Gasteiger charge is 2.09. The van der Waals surface area contributed by atoms with Gasteiger partial charge in [0.05, 0.1) is 20.3 Å². The van der Waals surface area contributed by atoms with Gasteiger partial charge in [0.15, 0.2) is 18.1 Å². The zero-order valence-corrected chi connectivity index (χ0v) is 16.5. The third-order valence-electron chi connectivity index (χ3n) is 3.66. The van der Waals surface area contributed by atoms with Crippen molar-refractivity contribution in [1.82, 2.24) is 0 Å². The molecule has 1 amide bonds. The van der Waals surface area contributed by atoms with E-state index < -0.39 is 0 Å². The monoisotopic (exact) mass is 389 g/mol. The predicted octanol–water partition coefficient (Wildman–Crippen LogP) is 3.53. The van der Waals surface area contributed by atoms with E-state index in [1.54, 1.807) is 44.6 Å². The lowest BCUT2D eigenvalue weighted by Crippen LogP contribution is -2.20. The van der Waals surface area contributed by atoms with Gasteiger partial charge >= 0.3 is 0 Å². The molecule has 2 aromatic rings. The normalized spacial score (nSPS) is 10.2. The van der Waals surface area contributed by atoms with Gasteiger partial charge in [-0.2, -0.15) is 0 Å². The Hall–Kier alpha value is -2.93. The molecule has 2 rings (SSSR count). The van der Waals surface area contributed by atoms with Crippen LogP contribution < -0.4 is 24.3 Å². The van der Waals surface area contributed by atoms with E-state index in [0.29, 0.717) is 42.8 Å². The molecule has 7 heteroatoms. The van der Waals surface area contributed by atoms with Crippen LogP contribution in [0, 0.1) is 0 Å². The number of amides is 1. The molecule has 0 aliphatic rings. The Kier molecular flexibility index (Phi) is 8.94. The van der Waals surface area contributed by atoms with Gasteiger partial charge in [-0.15, -0.1) is 0 Å². The molecular weight excluding hydrogens is 362 g/mol. The van der Waals surface area contributed by atoms with Crippen LogP contribution in [0.15, 0.2) is 42.5 Å². The maximum Gasteiger partial charge on any atom is 0.262 e. The van der Waals surface area contributed by atoms with Crippen molar-refractivity contribution in [3.8, 4) is 23.0 Å². The van der Waals surface area contributed by atoms with Crippen LogP contribution in [-0.2, 0) is 9.53 Å². The van der Waals surface area contributed by atoms with E-state index in [0.717, 1.165) is 12.2 Å². The van der Waals surface area contributed by atoms with Crippen molar-refractivity contribution in [3.63, 3.8) is 0 Å². The van der Waals surface area contributed by atoms with E-state index in [4.69, 9.17) is 23.7 Å². The minimum Gasteiger partial charge on any atom is -0.494 e. The van der Waals surface area contributed by atoms with E-state index in [-0.39, 0.29) is 12.5 Å². The second kappa shape index (κ2) is 11.7. The van der Waals surface area contributed by atoms with Gasteiger partial charge in [0, 0.05) is 18.9 Å². The van der Waals surface area contributed by atoms with Crippen LogP contribution in [0.4, 0.5) is 5.69 Å². The maximum atomic E-state index is 12.2. The highest BCUT2D eigenvalue weighted by Crippen LogP contribution is 2.30. The number of hydrogen-bond acceptors (Lipinski definition) is 6. The molecule has 0 unspecified atom stereocenters. The molecule has 28 heavy (non-hydrogen) atoms. The van der Waals surface area contributed by atoms with Crippen LogP contribution in [0.2, 0.25) is 0 Å². The summed E-state index contributed by atoms with van der Waals surface area (Å²) in [5.74, 6) is 2.20. The minimum absolute atomic E-state index is 0.110. The van der Waals surface area contributed by atoms with Crippen molar-refractivity contribution in [2.24, 2.45) is 0 Å². The van der Waals surface area contributed by atoms with E-state index in [9.17, 15) is 4.79 Å². The molecule has 7 nitrogen and oxygen atoms in total. The summed E-state index contributed by atoms with van der Waals surface area (Å²) in [5, 5.41) is 2.78. The Morgan fingerprint density at radius 1 is 0.857 bits per heavy atom. The fraction of sp³-hybridized carbons (Fsp3) is 0.381. The van der Waals surface area contributed by atoms with Gasteiger partial charge in [-0.3, -0.25) is 4.79 Å². The molecule has 0 bridgehead atoms. The Labute approximate surface area is 165 Å². The summed E-state index contributed by atoms with van der Waals surface area (Å²) < 4.78 is 26.9. The first-order chi connectivity index (χ1) is 13.7. The average Bonchev–Trinajstić information content (AvgIpc) is 2.72. The summed E-state index contributed by atoms with van der Waals surface area (Å²) in [7, 11) is 3.16. The largest absolute Gasteiger partial charge is 0.494 e. The average molecular weight is 389 g/mol. The number of ether oxygens (including phenoxy) is 5. The molecule has 0 aromatic heterocycles. The van der Waals surface area contributed by atoms with Crippen LogP contribution in [-0.4, -0.2) is 46.6 Å². The van der Waals surface area contributed by atoms with Crippen LogP contribution in [0.1, 0.15) is 13.3 Å². The maximum absolute atomic E-state index is 12.2. The second-order valence-electron chi connectivity index (χ2n) is 5.86. The number of carbonyl (C=O) groups excluding carboxylic acids is 1. The molecule has 0 heterocycles. The zero-order valence-electron chi connectivity index (χ0n) is 16.5. The van der Waals surface area contributed by atoms with Crippen molar-refractivity contribution in [1.29, 1.82) is 0 Å². The predicted molar refractivity (Wildman–Crippen MR) is 107 cm³/mol. The van der Waals surface area contributed by atoms with Crippen molar-refractivity contribution in [2.45, 2.75) is 13.3 Å². The molecule has 0 saturated heterocycles. The molecule has 0 spiro atoms. The fourth-order valence-corrected chi connectivity index (χ4v) is 2.30. The molecule has 1 N–H and O–H groups in total. The second-order valence-corrected chi connectivity index (χ2v) is 5.86. The number of rotatable bonds is 12. The Morgan fingerprint density at radius 3 is 2.21 bits per heavy atom. The molecule has 152 valence electrons.